The van der Waals surface area contributed by atoms with Gasteiger partial charge >= 0.3 is 0 Å². The molecular weight excluding hydrogens is 194 g/mol. The number of fused-ring (bicyclic) bond motifs is 1. The van der Waals surface area contributed by atoms with E-state index in [1.165, 1.54) is 0 Å². The molecule has 3 N–H and O–H groups in total. The van der Waals surface area contributed by atoms with Crippen LogP contribution in [0.3, 0.4) is 0 Å². The third-order valence-electron chi connectivity index (χ3n) is 2.23. The highest BCUT2D eigenvalue weighted by molar-refractivity contribution is 5.99. The molecule has 2 rings (SSSR count). The van der Waals surface area contributed by atoms with Gasteiger partial charge in [-0.15, -0.1) is 0 Å². The number of rotatable bonds is 3. The number of primary amides is 1. The fraction of sp³-hybridized carbons (Fsp3) is 0.200. The number of nitrogens with two attached hydrogens (primary N) is 1. The Labute approximate surface area is 86.2 Å². The SMILES string of the molecule is NC(=O)c1ccn2cc(CCO)ncc12. The predicted molar refractivity (Wildman–Crippen MR) is 54.5 cm³/mol. The van der Waals surface area contributed by atoms with Crippen LogP contribution in [-0.2, 0) is 6.42 Å². The second kappa shape index (κ2) is 3.70. The number of aliphatic hydroxyl groups is 1. The molecule has 2 aromatic heterocycles. The first kappa shape index (κ1) is 9.67. The van der Waals surface area contributed by atoms with E-state index in [1.54, 1.807) is 29.1 Å². The molecule has 1 amide bonds. The zero-order valence-corrected chi connectivity index (χ0v) is 8.05. The van der Waals surface area contributed by atoms with Gasteiger partial charge in [0, 0.05) is 25.4 Å². The van der Waals surface area contributed by atoms with Gasteiger partial charge in [0.2, 0.25) is 0 Å². The Morgan fingerprint density at radius 2 is 2.40 bits per heavy atom. The smallest absolute Gasteiger partial charge is 0.250 e. The van der Waals surface area contributed by atoms with Crippen LogP contribution in [0.5, 0.6) is 0 Å². The standard InChI is InChI=1S/C10H11N3O2/c11-10(15)8-1-3-13-6-7(2-4-14)12-5-9(8)13/h1,3,5-6,14H,2,4H2,(H2,11,15). The summed E-state index contributed by atoms with van der Waals surface area (Å²) in [5, 5.41) is 8.76. The van der Waals surface area contributed by atoms with Gasteiger partial charge in [-0.05, 0) is 6.07 Å². The zero-order valence-electron chi connectivity index (χ0n) is 8.05. The summed E-state index contributed by atoms with van der Waals surface area (Å²) < 4.78 is 1.78. The van der Waals surface area contributed by atoms with Crippen molar-refractivity contribution in [3.05, 3.63) is 35.9 Å². The van der Waals surface area contributed by atoms with E-state index in [2.05, 4.69) is 4.98 Å². The molecule has 0 unspecified atom stereocenters. The fourth-order valence-corrected chi connectivity index (χ4v) is 1.50. The Kier molecular flexibility index (Phi) is 2.39. The van der Waals surface area contributed by atoms with Gasteiger partial charge in [0.1, 0.15) is 0 Å². The van der Waals surface area contributed by atoms with Crippen LogP contribution in [0.15, 0.2) is 24.7 Å². The van der Waals surface area contributed by atoms with Gasteiger partial charge in [-0.1, -0.05) is 0 Å². The Bertz CT molecular complexity index is 504. The molecule has 0 atom stereocenters. The van der Waals surface area contributed by atoms with Crippen molar-refractivity contribution in [1.29, 1.82) is 0 Å². The van der Waals surface area contributed by atoms with E-state index < -0.39 is 5.91 Å². The molecule has 0 aliphatic carbocycles. The minimum atomic E-state index is -0.464. The second-order valence-corrected chi connectivity index (χ2v) is 3.24. The minimum Gasteiger partial charge on any atom is -0.396 e. The summed E-state index contributed by atoms with van der Waals surface area (Å²) >= 11 is 0. The highest BCUT2D eigenvalue weighted by Crippen LogP contribution is 2.11. The van der Waals surface area contributed by atoms with Gasteiger partial charge in [0.05, 0.1) is 23.0 Å². The Morgan fingerprint density at radius 1 is 1.60 bits per heavy atom. The number of carbonyl (C=O) groups is 1. The molecule has 0 bridgehead atoms. The van der Waals surface area contributed by atoms with Crippen molar-refractivity contribution in [2.45, 2.75) is 6.42 Å². The monoisotopic (exact) mass is 205 g/mol. The lowest BCUT2D eigenvalue weighted by Crippen LogP contribution is -2.10. The summed E-state index contributed by atoms with van der Waals surface area (Å²) in [5.74, 6) is -0.464. The van der Waals surface area contributed by atoms with E-state index in [0.717, 1.165) is 5.69 Å². The maximum absolute atomic E-state index is 11.0. The van der Waals surface area contributed by atoms with Crippen molar-refractivity contribution in [2.75, 3.05) is 6.61 Å². The maximum Gasteiger partial charge on any atom is 0.250 e. The molecule has 2 heterocycles. The molecule has 78 valence electrons. The normalized spacial score (nSPS) is 10.7. The Hall–Kier alpha value is -1.88. The van der Waals surface area contributed by atoms with Crippen molar-refractivity contribution < 1.29 is 9.90 Å². The van der Waals surface area contributed by atoms with Crippen molar-refractivity contribution in [3.8, 4) is 0 Å². The second-order valence-electron chi connectivity index (χ2n) is 3.24. The molecule has 0 aromatic carbocycles. The van der Waals surface area contributed by atoms with Gasteiger partial charge in [-0.25, -0.2) is 0 Å². The first-order valence-electron chi connectivity index (χ1n) is 4.58. The van der Waals surface area contributed by atoms with E-state index in [1.807, 2.05) is 0 Å². The van der Waals surface area contributed by atoms with Crippen LogP contribution in [0.25, 0.3) is 5.52 Å². The molecule has 5 heteroatoms. The summed E-state index contributed by atoms with van der Waals surface area (Å²) in [6, 6.07) is 1.65. The van der Waals surface area contributed by atoms with Gasteiger partial charge in [-0.3, -0.25) is 9.78 Å². The molecule has 2 aromatic rings. The summed E-state index contributed by atoms with van der Waals surface area (Å²) in [6.45, 7) is 0.0580. The number of hydrogen-bond donors (Lipinski definition) is 2. The average molecular weight is 205 g/mol. The molecule has 0 spiro atoms. The fourth-order valence-electron chi connectivity index (χ4n) is 1.50. The number of hydrogen-bond acceptors (Lipinski definition) is 3. The highest BCUT2D eigenvalue weighted by atomic mass is 16.3. The number of aliphatic hydroxyl groups excluding tert-OH is 1. The van der Waals surface area contributed by atoms with Gasteiger partial charge in [0.25, 0.3) is 5.91 Å². The van der Waals surface area contributed by atoms with E-state index >= 15 is 0 Å². The highest BCUT2D eigenvalue weighted by Gasteiger charge is 2.08. The van der Waals surface area contributed by atoms with Crippen LogP contribution >= 0.6 is 0 Å². The van der Waals surface area contributed by atoms with Crippen molar-refractivity contribution >= 4 is 11.4 Å². The molecule has 0 aliphatic heterocycles. The molecule has 0 radical (unpaired) electrons. The summed E-state index contributed by atoms with van der Waals surface area (Å²) in [7, 11) is 0. The average Bonchev–Trinajstić information content (AvgIpc) is 2.61. The first-order valence-corrected chi connectivity index (χ1v) is 4.58. The largest absolute Gasteiger partial charge is 0.396 e. The van der Waals surface area contributed by atoms with Crippen LogP contribution in [-0.4, -0.2) is 27.0 Å². The van der Waals surface area contributed by atoms with Crippen LogP contribution in [0, 0.1) is 0 Å². The van der Waals surface area contributed by atoms with E-state index in [-0.39, 0.29) is 6.61 Å². The topological polar surface area (TPSA) is 80.6 Å². The maximum atomic E-state index is 11.0. The van der Waals surface area contributed by atoms with Crippen LogP contribution in [0.1, 0.15) is 16.1 Å². The Morgan fingerprint density at radius 3 is 3.07 bits per heavy atom. The molecular formula is C10H11N3O2. The molecule has 0 saturated carbocycles. The molecule has 5 nitrogen and oxygen atoms in total. The number of aromatic nitrogens is 2. The van der Waals surface area contributed by atoms with E-state index in [0.29, 0.717) is 17.5 Å². The zero-order chi connectivity index (χ0) is 10.8. The minimum absolute atomic E-state index is 0.0580. The quantitative estimate of drug-likeness (QED) is 0.738. The van der Waals surface area contributed by atoms with E-state index in [4.69, 9.17) is 10.8 Å². The predicted octanol–water partition coefficient (Wildman–Crippen LogP) is -0.0320. The molecule has 0 fully saturated rings. The first-order chi connectivity index (χ1) is 7.22. The van der Waals surface area contributed by atoms with Gasteiger partial charge in [-0.2, -0.15) is 0 Å². The number of amides is 1. The van der Waals surface area contributed by atoms with Crippen molar-refractivity contribution in [1.82, 2.24) is 9.38 Å². The van der Waals surface area contributed by atoms with Crippen molar-refractivity contribution in [2.24, 2.45) is 5.73 Å². The lowest BCUT2D eigenvalue weighted by Gasteiger charge is -2.00. The van der Waals surface area contributed by atoms with E-state index in [9.17, 15) is 4.79 Å². The Balaban J connectivity index is 2.51. The molecule has 0 aliphatic rings. The summed E-state index contributed by atoms with van der Waals surface area (Å²) in [4.78, 5) is 15.2. The van der Waals surface area contributed by atoms with Crippen molar-refractivity contribution in [3.63, 3.8) is 0 Å². The van der Waals surface area contributed by atoms with Crippen LogP contribution in [0.4, 0.5) is 0 Å². The van der Waals surface area contributed by atoms with Gasteiger partial charge < -0.3 is 15.2 Å². The molecule has 0 saturated heterocycles. The number of nitrogens with zero attached hydrogens (tertiary/aromatic N) is 2. The lowest BCUT2D eigenvalue weighted by atomic mass is 10.2. The van der Waals surface area contributed by atoms with Crippen LogP contribution < -0.4 is 5.73 Å². The van der Waals surface area contributed by atoms with Crippen LogP contribution in [0.2, 0.25) is 0 Å². The van der Waals surface area contributed by atoms with Gasteiger partial charge in [0.15, 0.2) is 0 Å². The molecule has 15 heavy (non-hydrogen) atoms. The number of carbonyl (C=O) groups excluding carboxylic acids is 1. The lowest BCUT2D eigenvalue weighted by molar-refractivity contribution is 0.100. The summed E-state index contributed by atoms with van der Waals surface area (Å²) in [5.41, 5.74) is 7.12. The third kappa shape index (κ3) is 1.69. The third-order valence-corrected chi connectivity index (χ3v) is 2.23. The summed E-state index contributed by atoms with van der Waals surface area (Å²) in [6.07, 6.45) is 5.61.